The lowest BCUT2D eigenvalue weighted by atomic mass is 10.2. The van der Waals surface area contributed by atoms with E-state index in [0.29, 0.717) is 0 Å². The van der Waals surface area contributed by atoms with E-state index in [0.717, 1.165) is 12.3 Å². The van der Waals surface area contributed by atoms with Crippen molar-refractivity contribution >= 4 is 27.6 Å². The average molecular weight is 442 g/mol. The molecule has 30 heavy (non-hydrogen) atoms. The highest BCUT2D eigenvalue weighted by molar-refractivity contribution is 7.89. The van der Waals surface area contributed by atoms with E-state index in [-0.39, 0.29) is 35.0 Å². The predicted molar refractivity (Wildman–Crippen MR) is 107 cm³/mol. The summed E-state index contributed by atoms with van der Waals surface area (Å²) >= 11 is 0. The Bertz CT molecular complexity index is 1030. The first-order valence-electron chi connectivity index (χ1n) is 8.82. The summed E-state index contributed by atoms with van der Waals surface area (Å²) in [4.78, 5) is 10.5. The van der Waals surface area contributed by atoms with Crippen LogP contribution < -0.4 is 10.2 Å². The summed E-state index contributed by atoms with van der Waals surface area (Å²) in [6.45, 7) is 0.744. The van der Waals surface area contributed by atoms with Crippen LogP contribution >= 0.6 is 0 Å². The molecular formula is C18H20F2N4O5S. The standard InChI is InChI=1S/C18H20F2N4O5S/c1-3-23(4-2)30(27,28)14-9-10-15(16(11-14)24(25)26)22-21-12-13-7-5-6-8-17(13)29-18(19)20/h5-12,18,22H,3-4H2,1-2H3. The van der Waals surface area contributed by atoms with Crippen molar-refractivity contribution in [2.24, 2.45) is 5.10 Å². The second-order valence-corrected chi connectivity index (χ2v) is 7.75. The quantitative estimate of drug-likeness (QED) is 0.341. The summed E-state index contributed by atoms with van der Waals surface area (Å²) in [6, 6.07) is 9.26. The fourth-order valence-corrected chi connectivity index (χ4v) is 4.07. The summed E-state index contributed by atoms with van der Waals surface area (Å²) in [6.07, 6.45) is 1.15. The van der Waals surface area contributed by atoms with Gasteiger partial charge in [0.25, 0.3) is 5.69 Å². The molecule has 0 aromatic heterocycles. The normalized spacial score (nSPS) is 11.9. The number of hydrazone groups is 1. The molecule has 0 fully saturated rings. The Labute approximate surface area is 172 Å². The molecule has 0 heterocycles. The van der Waals surface area contributed by atoms with Crippen molar-refractivity contribution in [1.29, 1.82) is 0 Å². The number of rotatable bonds is 10. The van der Waals surface area contributed by atoms with Gasteiger partial charge in [-0.3, -0.25) is 15.5 Å². The number of nitrogens with one attached hydrogen (secondary N) is 1. The SMILES string of the molecule is CCN(CC)S(=O)(=O)c1ccc(NN=Cc2ccccc2OC(F)F)c([N+](=O)[O-])c1. The minimum absolute atomic E-state index is 0.0676. The van der Waals surface area contributed by atoms with Gasteiger partial charge in [-0.05, 0) is 24.3 Å². The molecule has 2 aromatic carbocycles. The molecule has 12 heteroatoms. The Morgan fingerprint density at radius 1 is 1.23 bits per heavy atom. The van der Waals surface area contributed by atoms with Gasteiger partial charge >= 0.3 is 6.61 Å². The van der Waals surface area contributed by atoms with Crippen molar-refractivity contribution in [3.05, 3.63) is 58.1 Å². The number of ether oxygens (including phenoxy) is 1. The predicted octanol–water partition coefficient (Wildman–Crippen LogP) is 3.67. The van der Waals surface area contributed by atoms with Crippen molar-refractivity contribution < 1.29 is 26.9 Å². The number of sulfonamides is 1. The molecule has 0 unspecified atom stereocenters. The van der Waals surface area contributed by atoms with Gasteiger partial charge in [0.05, 0.1) is 16.0 Å². The topological polar surface area (TPSA) is 114 Å². The van der Waals surface area contributed by atoms with Crippen molar-refractivity contribution in [3.8, 4) is 5.75 Å². The summed E-state index contributed by atoms with van der Waals surface area (Å²) in [7, 11) is -3.88. The van der Waals surface area contributed by atoms with E-state index in [9.17, 15) is 27.3 Å². The van der Waals surface area contributed by atoms with Crippen molar-refractivity contribution in [2.75, 3.05) is 18.5 Å². The second kappa shape index (κ2) is 10.1. The highest BCUT2D eigenvalue weighted by atomic mass is 32.2. The second-order valence-electron chi connectivity index (χ2n) is 5.81. The maximum Gasteiger partial charge on any atom is 0.387 e. The number of nitro benzene ring substituents is 1. The Morgan fingerprint density at radius 2 is 1.90 bits per heavy atom. The van der Waals surface area contributed by atoms with E-state index >= 15 is 0 Å². The summed E-state index contributed by atoms with van der Waals surface area (Å²) in [5, 5.41) is 15.2. The van der Waals surface area contributed by atoms with Gasteiger partial charge in [-0.1, -0.05) is 26.0 Å². The van der Waals surface area contributed by atoms with Crippen LogP contribution in [0.25, 0.3) is 0 Å². The number of para-hydroxylation sites is 1. The molecule has 0 aliphatic rings. The smallest absolute Gasteiger partial charge is 0.387 e. The zero-order valence-corrected chi connectivity index (χ0v) is 17.0. The van der Waals surface area contributed by atoms with Gasteiger partial charge < -0.3 is 4.74 Å². The Kier molecular flexibility index (Phi) is 7.78. The van der Waals surface area contributed by atoms with Crippen LogP contribution in [-0.4, -0.2) is 43.6 Å². The molecule has 0 aliphatic heterocycles. The minimum Gasteiger partial charge on any atom is -0.434 e. The van der Waals surface area contributed by atoms with E-state index in [2.05, 4.69) is 15.3 Å². The molecule has 0 saturated heterocycles. The van der Waals surface area contributed by atoms with Gasteiger partial charge in [-0.25, -0.2) is 8.42 Å². The Hall–Kier alpha value is -3.12. The summed E-state index contributed by atoms with van der Waals surface area (Å²) in [5.41, 5.74) is 2.08. The van der Waals surface area contributed by atoms with E-state index in [1.54, 1.807) is 19.9 Å². The zero-order chi connectivity index (χ0) is 22.3. The van der Waals surface area contributed by atoms with Crippen LogP contribution in [0.1, 0.15) is 19.4 Å². The van der Waals surface area contributed by atoms with Gasteiger partial charge in [-0.15, -0.1) is 0 Å². The molecule has 0 bridgehead atoms. The number of nitrogens with zero attached hydrogens (tertiary/aromatic N) is 3. The lowest BCUT2D eigenvalue weighted by Gasteiger charge is -2.18. The largest absolute Gasteiger partial charge is 0.434 e. The third-order valence-corrected chi connectivity index (χ3v) is 6.08. The first kappa shape index (κ1) is 23.2. The van der Waals surface area contributed by atoms with Gasteiger partial charge in [0.2, 0.25) is 10.0 Å². The summed E-state index contributed by atoms with van der Waals surface area (Å²) in [5.74, 6) is -0.117. The molecule has 0 saturated carbocycles. The zero-order valence-electron chi connectivity index (χ0n) is 16.2. The van der Waals surface area contributed by atoms with Crippen LogP contribution in [0, 0.1) is 10.1 Å². The number of halogens is 2. The molecule has 2 rings (SSSR count). The highest BCUT2D eigenvalue weighted by Crippen LogP contribution is 2.29. The van der Waals surface area contributed by atoms with Crippen molar-refractivity contribution in [2.45, 2.75) is 25.4 Å². The summed E-state index contributed by atoms with van der Waals surface area (Å²) < 4.78 is 55.6. The third kappa shape index (κ3) is 5.48. The molecule has 9 nitrogen and oxygen atoms in total. The molecule has 162 valence electrons. The number of hydrogen-bond donors (Lipinski definition) is 1. The highest BCUT2D eigenvalue weighted by Gasteiger charge is 2.25. The van der Waals surface area contributed by atoms with Crippen LogP contribution in [0.3, 0.4) is 0 Å². The maximum absolute atomic E-state index is 12.6. The van der Waals surface area contributed by atoms with Crippen molar-refractivity contribution in [1.82, 2.24) is 4.31 Å². The van der Waals surface area contributed by atoms with Crippen LogP contribution in [0.15, 0.2) is 52.5 Å². The van der Waals surface area contributed by atoms with E-state index < -0.39 is 27.2 Å². The molecule has 0 spiro atoms. The minimum atomic E-state index is -3.88. The molecule has 1 N–H and O–H groups in total. The van der Waals surface area contributed by atoms with Crippen LogP contribution in [-0.2, 0) is 10.0 Å². The number of nitro groups is 1. The van der Waals surface area contributed by atoms with Gasteiger partial charge in [0, 0.05) is 24.7 Å². The molecular weight excluding hydrogens is 422 g/mol. The third-order valence-electron chi connectivity index (χ3n) is 4.03. The van der Waals surface area contributed by atoms with Crippen LogP contribution in [0.4, 0.5) is 20.2 Å². The number of anilines is 1. The Morgan fingerprint density at radius 3 is 2.50 bits per heavy atom. The number of benzene rings is 2. The van der Waals surface area contributed by atoms with E-state index in [1.165, 1.54) is 34.6 Å². The first-order chi connectivity index (χ1) is 14.2. The molecule has 0 amide bonds. The Balaban J connectivity index is 2.32. The fraction of sp³-hybridized carbons (Fsp3) is 0.278. The van der Waals surface area contributed by atoms with Gasteiger partial charge in [0.1, 0.15) is 11.4 Å². The average Bonchev–Trinajstić information content (AvgIpc) is 2.69. The van der Waals surface area contributed by atoms with E-state index in [4.69, 9.17) is 0 Å². The molecule has 0 atom stereocenters. The lowest BCUT2D eigenvalue weighted by Crippen LogP contribution is -2.30. The molecule has 0 radical (unpaired) electrons. The first-order valence-corrected chi connectivity index (χ1v) is 10.3. The number of alkyl halides is 2. The molecule has 2 aromatic rings. The van der Waals surface area contributed by atoms with Gasteiger partial charge in [0.15, 0.2) is 0 Å². The van der Waals surface area contributed by atoms with E-state index in [1.807, 2.05) is 0 Å². The maximum atomic E-state index is 12.6. The number of hydrogen-bond acceptors (Lipinski definition) is 7. The van der Waals surface area contributed by atoms with Crippen LogP contribution in [0.5, 0.6) is 5.75 Å². The molecule has 0 aliphatic carbocycles. The van der Waals surface area contributed by atoms with Crippen LogP contribution in [0.2, 0.25) is 0 Å². The van der Waals surface area contributed by atoms with Crippen molar-refractivity contribution in [3.63, 3.8) is 0 Å². The lowest BCUT2D eigenvalue weighted by molar-refractivity contribution is -0.384. The monoisotopic (exact) mass is 442 g/mol. The van der Waals surface area contributed by atoms with Gasteiger partial charge in [-0.2, -0.15) is 18.2 Å². The fourth-order valence-electron chi connectivity index (χ4n) is 2.59.